The van der Waals surface area contributed by atoms with E-state index < -0.39 is 10.0 Å². The maximum Gasteiger partial charge on any atom is 0.261 e. The average molecular weight is 346 g/mol. The number of hydrogen-bond donors (Lipinski definition) is 2. The van der Waals surface area contributed by atoms with E-state index in [9.17, 15) is 13.2 Å². The van der Waals surface area contributed by atoms with Crippen LogP contribution in [0.25, 0.3) is 0 Å². The van der Waals surface area contributed by atoms with Crippen molar-refractivity contribution >= 4 is 27.3 Å². The van der Waals surface area contributed by atoms with Crippen LogP contribution in [-0.2, 0) is 14.8 Å². The van der Waals surface area contributed by atoms with Crippen LogP contribution in [0.3, 0.4) is 0 Å². The second-order valence-electron chi connectivity index (χ2n) is 5.32. The van der Waals surface area contributed by atoms with Crippen molar-refractivity contribution < 1.29 is 17.9 Å². The molecule has 2 N–H and O–H groups in total. The van der Waals surface area contributed by atoms with Crippen molar-refractivity contribution in [1.29, 1.82) is 0 Å². The molecule has 1 aromatic heterocycles. The first-order chi connectivity index (χ1) is 10.5. The van der Waals surface area contributed by atoms with Crippen LogP contribution >= 0.6 is 11.3 Å². The lowest BCUT2D eigenvalue weighted by Crippen LogP contribution is -2.39. The van der Waals surface area contributed by atoms with Crippen LogP contribution in [-0.4, -0.2) is 45.9 Å². The fourth-order valence-electron chi connectivity index (χ4n) is 2.20. The molecule has 0 aromatic carbocycles. The minimum Gasteiger partial charge on any atom is -0.377 e. The topological polar surface area (TPSA) is 84.5 Å². The van der Waals surface area contributed by atoms with Crippen LogP contribution in [0.15, 0.2) is 12.1 Å². The summed E-state index contributed by atoms with van der Waals surface area (Å²) in [5.74, 6) is -0.362. The van der Waals surface area contributed by atoms with E-state index in [2.05, 4.69) is 10.0 Å². The van der Waals surface area contributed by atoms with E-state index >= 15 is 0 Å². The zero-order valence-corrected chi connectivity index (χ0v) is 14.3. The second-order valence-corrected chi connectivity index (χ2v) is 8.54. The fourth-order valence-corrected chi connectivity index (χ4v) is 3.94. The Bertz CT molecular complexity index is 592. The van der Waals surface area contributed by atoms with Crippen molar-refractivity contribution in [2.24, 2.45) is 0 Å². The smallest absolute Gasteiger partial charge is 0.261 e. The van der Waals surface area contributed by atoms with Gasteiger partial charge < -0.3 is 10.1 Å². The number of ether oxygens (including phenoxy) is 1. The zero-order valence-electron chi connectivity index (χ0n) is 12.6. The van der Waals surface area contributed by atoms with Gasteiger partial charge in [-0.25, -0.2) is 13.1 Å². The van der Waals surface area contributed by atoms with Gasteiger partial charge in [0, 0.05) is 24.6 Å². The third-order valence-corrected chi connectivity index (χ3v) is 5.77. The largest absolute Gasteiger partial charge is 0.377 e. The number of rotatable bonds is 7. The number of carbonyl (C=O) groups is 1. The molecule has 22 heavy (non-hydrogen) atoms. The summed E-state index contributed by atoms with van der Waals surface area (Å²) in [4.78, 5) is 13.5. The Morgan fingerprint density at radius 2 is 2.23 bits per heavy atom. The number of aryl methyl sites for hydroxylation is 1. The van der Waals surface area contributed by atoms with E-state index in [0.29, 0.717) is 18.0 Å². The molecule has 6 nitrogen and oxygen atoms in total. The highest BCUT2D eigenvalue weighted by Crippen LogP contribution is 2.14. The molecule has 1 aliphatic heterocycles. The number of sulfonamides is 1. The molecule has 0 spiro atoms. The monoisotopic (exact) mass is 346 g/mol. The van der Waals surface area contributed by atoms with Crippen LogP contribution in [0.5, 0.6) is 0 Å². The standard InChI is InChI=1S/C14H22N2O4S2/c1-11-5-6-13(21-11)14(17)15-7-9-22(18,19)16-10-12-4-2-3-8-20-12/h5-6,12,16H,2-4,7-10H2,1H3,(H,15,17)/t12-/m0/s1. The molecule has 1 amide bonds. The minimum absolute atomic E-state index is 0.0350. The Kier molecular flexibility index (Phi) is 6.37. The number of hydrogen-bond acceptors (Lipinski definition) is 5. The lowest BCUT2D eigenvalue weighted by atomic mass is 10.1. The summed E-state index contributed by atoms with van der Waals surface area (Å²) < 4.78 is 31.8. The van der Waals surface area contributed by atoms with E-state index in [4.69, 9.17) is 4.74 Å². The molecule has 1 atom stereocenters. The quantitative estimate of drug-likeness (QED) is 0.779. The first-order valence-electron chi connectivity index (χ1n) is 7.40. The highest BCUT2D eigenvalue weighted by atomic mass is 32.2. The van der Waals surface area contributed by atoms with Gasteiger partial charge in [-0.3, -0.25) is 4.79 Å². The molecule has 2 rings (SSSR count). The van der Waals surface area contributed by atoms with Crippen LogP contribution < -0.4 is 10.0 Å². The van der Waals surface area contributed by atoms with E-state index in [0.717, 1.165) is 24.1 Å². The van der Waals surface area contributed by atoms with Crippen LogP contribution in [0.4, 0.5) is 0 Å². The van der Waals surface area contributed by atoms with E-state index in [1.165, 1.54) is 11.3 Å². The summed E-state index contributed by atoms with van der Waals surface area (Å²) in [6.07, 6.45) is 2.96. The summed E-state index contributed by atoms with van der Waals surface area (Å²) in [5.41, 5.74) is 0. The van der Waals surface area contributed by atoms with E-state index in [-0.39, 0.29) is 24.3 Å². The molecule has 8 heteroatoms. The summed E-state index contributed by atoms with van der Waals surface area (Å²) in [7, 11) is -3.39. The SMILES string of the molecule is Cc1ccc(C(=O)NCCS(=O)(=O)NC[C@@H]2CCCCO2)s1. The van der Waals surface area contributed by atoms with Crippen molar-refractivity contribution in [1.82, 2.24) is 10.0 Å². The van der Waals surface area contributed by atoms with Crippen LogP contribution in [0, 0.1) is 6.92 Å². The molecule has 2 heterocycles. The number of nitrogens with one attached hydrogen (secondary N) is 2. The van der Waals surface area contributed by atoms with Crippen molar-refractivity contribution in [3.63, 3.8) is 0 Å². The first kappa shape index (κ1) is 17.4. The maximum atomic E-state index is 11.9. The summed E-state index contributed by atoms with van der Waals surface area (Å²) in [6.45, 7) is 3.02. The van der Waals surface area contributed by atoms with Gasteiger partial charge >= 0.3 is 0 Å². The van der Waals surface area contributed by atoms with Gasteiger partial charge in [-0.05, 0) is 38.3 Å². The number of carbonyl (C=O) groups excluding carboxylic acids is 1. The highest BCUT2D eigenvalue weighted by molar-refractivity contribution is 7.89. The molecule has 1 aromatic rings. The predicted octanol–water partition coefficient (Wildman–Crippen LogP) is 1.27. The minimum atomic E-state index is -3.39. The first-order valence-corrected chi connectivity index (χ1v) is 9.87. The maximum absolute atomic E-state index is 11.9. The van der Waals surface area contributed by atoms with Gasteiger partial charge in [0.15, 0.2) is 0 Å². The predicted molar refractivity (Wildman–Crippen MR) is 86.8 cm³/mol. The Balaban J connectivity index is 1.69. The molecule has 1 aliphatic rings. The van der Waals surface area contributed by atoms with Crippen molar-refractivity contribution in [2.45, 2.75) is 32.3 Å². The molecule has 1 saturated heterocycles. The normalized spacial score (nSPS) is 19.0. The summed E-state index contributed by atoms with van der Waals surface area (Å²) in [5, 5.41) is 2.63. The van der Waals surface area contributed by atoms with Gasteiger partial charge in [0.1, 0.15) is 0 Å². The van der Waals surface area contributed by atoms with Crippen molar-refractivity contribution in [2.75, 3.05) is 25.4 Å². The zero-order chi connectivity index (χ0) is 16.0. The number of thiophene rings is 1. The second kappa shape index (κ2) is 8.05. The molecule has 0 bridgehead atoms. The van der Waals surface area contributed by atoms with E-state index in [1.807, 2.05) is 13.0 Å². The molecular weight excluding hydrogens is 324 g/mol. The summed E-state index contributed by atoms with van der Waals surface area (Å²) in [6, 6.07) is 3.60. The molecular formula is C14H22N2O4S2. The van der Waals surface area contributed by atoms with Crippen molar-refractivity contribution in [3.05, 3.63) is 21.9 Å². The molecule has 0 radical (unpaired) electrons. The van der Waals surface area contributed by atoms with Gasteiger partial charge in [-0.2, -0.15) is 0 Å². The summed E-state index contributed by atoms with van der Waals surface area (Å²) >= 11 is 1.39. The third-order valence-electron chi connectivity index (χ3n) is 3.43. The molecule has 0 unspecified atom stereocenters. The Morgan fingerprint density at radius 3 is 2.86 bits per heavy atom. The molecule has 1 fully saturated rings. The highest BCUT2D eigenvalue weighted by Gasteiger charge is 2.18. The van der Waals surface area contributed by atoms with Crippen LogP contribution in [0.2, 0.25) is 0 Å². The van der Waals surface area contributed by atoms with Gasteiger partial charge in [0.25, 0.3) is 5.91 Å². The van der Waals surface area contributed by atoms with Crippen molar-refractivity contribution in [3.8, 4) is 0 Å². The molecule has 0 saturated carbocycles. The molecule has 124 valence electrons. The average Bonchev–Trinajstić information content (AvgIpc) is 2.93. The van der Waals surface area contributed by atoms with E-state index in [1.54, 1.807) is 6.07 Å². The number of amides is 1. The lowest BCUT2D eigenvalue weighted by molar-refractivity contribution is 0.0200. The van der Waals surface area contributed by atoms with Gasteiger partial charge in [0.05, 0.1) is 16.7 Å². The Morgan fingerprint density at radius 1 is 1.41 bits per heavy atom. The molecule has 0 aliphatic carbocycles. The Labute approximate surface area is 135 Å². The third kappa shape index (κ3) is 5.68. The Hall–Kier alpha value is -0.960. The van der Waals surface area contributed by atoms with Gasteiger partial charge in [0.2, 0.25) is 10.0 Å². The fraction of sp³-hybridized carbons (Fsp3) is 0.643. The van der Waals surface area contributed by atoms with Gasteiger partial charge in [-0.1, -0.05) is 0 Å². The van der Waals surface area contributed by atoms with Crippen LogP contribution in [0.1, 0.15) is 33.8 Å². The van der Waals surface area contributed by atoms with Gasteiger partial charge in [-0.15, -0.1) is 11.3 Å². The lowest BCUT2D eigenvalue weighted by Gasteiger charge is -2.22.